The Labute approximate surface area is 144 Å². The lowest BCUT2D eigenvalue weighted by molar-refractivity contribution is 0.466. The van der Waals surface area contributed by atoms with Crippen LogP contribution in [0.1, 0.15) is 5.69 Å². The highest BCUT2D eigenvalue weighted by atomic mass is 79.9. The number of fused-ring (bicyclic) bond motifs is 1. The third-order valence-corrected chi connectivity index (χ3v) is 4.84. The molecule has 0 saturated carbocycles. The van der Waals surface area contributed by atoms with E-state index in [2.05, 4.69) is 36.1 Å². The molecule has 6 nitrogen and oxygen atoms in total. The van der Waals surface area contributed by atoms with Crippen molar-refractivity contribution >= 4 is 33.5 Å². The maximum absolute atomic E-state index is 5.68. The zero-order chi connectivity index (χ0) is 15.6. The van der Waals surface area contributed by atoms with Crippen LogP contribution in [0.3, 0.4) is 0 Å². The van der Waals surface area contributed by atoms with Gasteiger partial charge >= 0.3 is 0 Å². The van der Waals surface area contributed by atoms with Gasteiger partial charge in [-0.2, -0.15) is 0 Å². The quantitative estimate of drug-likeness (QED) is 0.495. The topological polar surface area (TPSA) is 69.1 Å². The van der Waals surface area contributed by atoms with Gasteiger partial charge in [0.25, 0.3) is 5.22 Å². The number of thioether (sulfide) groups is 1. The number of rotatable bonds is 4. The lowest BCUT2D eigenvalue weighted by Crippen LogP contribution is -1.85. The Morgan fingerprint density at radius 3 is 2.83 bits per heavy atom. The van der Waals surface area contributed by atoms with Crippen LogP contribution in [-0.2, 0) is 5.75 Å². The van der Waals surface area contributed by atoms with Gasteiger partial charge in [0.1, 0.15) is 4.60 Å². The van der Waals surface area contributed by atoms with Gasteiger partial charge < -0.3 is 4.42 Å². The van der Waals surface area contributed by atoms with Crippen LogP contribution in [0.5, 0.6) is 0 Å². The molecule has 0 fully saturated rings. The first-order valence-electron chi connectivity index (χ1n) is 6.80. The maximum Gasteiger partial charge on any atom is 0.277 e. The van der Waals surface area contributed by atoms with Crippen LogP contribution < -0.4 is 0 Å². The number of hydrogen-bond donors (Lipinski definition) is 0. The average molecular weight is 388 g/mol. The lowest BCUT2D eigenvalue weighted by atomic mass is 10.2. The second-order valence-corrected chi connectivity index (χ2v) is 6.34. The lowest BCUT2D eigenvalue weighted by Gasteiger charge is -1.95. The molecule has 0 atom stereocenters. The van der Waals surface area contributed by atoms with Gasteiger partial charge in [-0.05, 0) is 34.1 Å². The molecular formula is C15H10BrN5OS. The third kappa shape index (κ3) is 2.87. The highest BCUT2D eigenvalue weighted by molar-refractivity contribution is 9.10. The summed E-state index contributed by atoms with van der Waals surface area (Å²) < 4.78 is 8.45. The second-order valence-electron chi connectivity index (χ2n) is 4.67. The van der Waals surface area contributed by atoms with Crippen LogP contribution >= 0.6 is 27.7 Å². The minimum Gasteiger partial charge on any atom is -0.411 e. The normalized spacial score (nSPS) is 11.2. The molecule has 0 aliphatic rings. The minimum absolute atomic E-state index is 0.515. The van der Waals surface area contributed by atoms with Crippen molar-refractivity contribution in [2.75, 3.05) is 0 Å². The summed E-state index contributed by atoms with van der Waals surface area (Å²) in [5.41, 5.74) is 1.79. The van der Waals surface area contributed by atoms with Crippen molar-refractivity contribution in [1.29, 1.82) is 0 Å². The van der Waals surface area contributed by atoms with Crippen molar-refractivity contribution in [3.8, 4) is 11.5 Å². The number of imidazole rings is 1. The minimum atomic E-state index is 0.515. The standard InChI is InChI=1S/C15H10BrN5OS/c16-12-11(18-14-17-7-4-8-21(12)14)9-23-15-20-19-13(22-15)10-5-2-1-3-6-10/h1-8H,9H2. The first-order valence-corrected chi connectivity index (χ1v) is 8.58. The molecule has 1 aromatic carbocycles. The van der Waals surface area contributed by atoms with Crippen molar-refractivity contribution < 1.29 is 4.42 Å². The molecule has 4 aromatic rings. The van der Waals surface area contributed by atoms with Gasteiger partial charge in [0.15, 0.2) is 0 Å². The first-order chi connectivity index (χ1) is 11.3. The van der Waals surface area contributed by atoms with Crippen LogP contribution in [0, 0.1) is 0 Å². The SMILES string of the molecule is Brc1c(CSc2nnc(-c3ccccc3)o2)nc2ncccn12. The molecular weight excluding hydrogens is 378 g/mol. The van der Waals surface area contributed by atoms with Crippen LogP contribution in [0.2, 0.25) is 0 Å². The number of benzene rings is 1. The molecule has 0 N–H and O–H groups in total. The third-order valence-electron chi connectivity index (χ3n) is 3.17. The van der Waals surface area contributed by atoms with E-state index in [4.69, 9.17) is 4.42 Å². The first kappa shape index (κ1) is 14.4. The van der Waals surface area contributed by atoms with E-state index in [0.717, 1.165) is 15.9 Å². The van der Waals surface area contributed by atoms with E-state index < -0.39 is 0 Å². The summed E-state index contributed by atoms with van der Waals surface area (Å²) >= 11 is 4.99. The Morgan fingerprint density at radius 1 is 1.13 bits per heavy atom. The number of halogens is 1. The fourth-order valence-corrected chi connectivity index (χ4v) is 3.48. The van der Waals surface area contributed by atoms with Crippen LogP contribution in [0.4, 0.5) is 0 Å². The second kappa shape index (κ2) is 6.13. The summed E-state index contributed by atoms with van der Waals surface area (Å²) in [6.45, 7) is 0. The molecule has 114 valence electrons. The van der Waals surface area contributed by atoms with E-state index in [0.29, 0.717) is 22.6 Å². The summed E-state index contributed by atoms with van der Waals surface area (Å²) in [6, 6.07) is 11.6. The molecule has 23 heavy (non-hydrogen) atoms. The average Bonchev–Trinajstić information content (AvgIpc) is 3.19. The zero-order valence-corrected chi connectivity index (χ0v) is 14.2. The van der Waals surface area contributed by atoms with Gasteiger partial charge in [-0.15, -0.1) is 10.2 Å². The van der Waals surface area contributed by atoms with Gasteiger partial charge in [0.05, 0.1) is 5.69 Å². The van der Waals surface area contributed by atoms with Crippen molar-refractivity contribution in [2.45, 2.75) is 11.0 Å². The molecule has 0 unspecified atom stereocenters. The molecule has 0 aliphatic carbocycles. The highest BCUT2D eigenvalue weighted by Crippen LogP contribution is 2.28. The molecule has 0 saturated heterocycles. The molecule has 3 heterocycles. The maximum atomic E-state index is 5.68. The van der Waals surface area contributed by atoms with E-state index >= 15 is 0 Å². The van der Waals surface area contributed by atoms with E-state index in [1.807, 2.05) is 47.0 Å². The van der Waals surface area contributed by atoms with Gasteiger partial charge in [-0.1, -0.05) is 30.0 Å². The molecule has 0 spiro atoms. The van der Waals surface area contributed by atoms with Gasteiger partial charge in [0, 0.05) is 23.7 Å². The summed E-state index contributed by atoms with van der Waals surface area (Å²) in [5.74, 6) is 1.79. The fourth-order valence-electron chi connectivity index (χ4n) is 2.09. The van der Waals surface area contributed by atoms with E-state index in [1.54, 1.807) is 6.20 Å². The summed E-state index contributed by atoms with van der Waals surface area (Å²) in [4.78, 5) is 8.71. The molecule has 0 aliphatic heterocycles. The molecule has 0 amide bonds. The number of aromatic nitrogens is 5. The highest BCUT2D eigenvalue weighted by Gasteiger charge is 2.13. The Kier molecular flexibility index (Phi) is 3.84. The molecule has 0 bridgehead atoms. The van der Waals surface area contributed by atoms with Crippen LogP contribution in [0.15, 0.2) is 63.0 Å². The molecule has 4 rings (SSSR count). The van der Waals surface area contributed by atoms with E-state index in [1.165, 1.54) is 11.8 Å². The largest absolute Gasteiger partial charge is 0.411 e. The van der Waals surface area contributed by atoms with E-state index in [-0.39, 0.29) is 0 Å². The number of nitrogens with zero attached hydrogens (tertiary/aromatic N) is 5. The monoisotopic (exact) mass is 387 g/mol. The Morgan fingerprint density at radius 2 is 2.00 bits per heavy atom. The Bertz CT molecular complexity index is 953. The van der Waals surface area contributed by atoms with Gasteiger partial charge in [0.2, 0.25) is 11.7 Å². The van der Waals surface area contributed by atoms with Gasteiger partial charge in [-0.25, -0.2) is 9.97 Å². The molecule has 8 heteroatoms. The van der Waals surface area contributed by atoms with Crippen LogP contribution in [-0.4, -0.2) is 24.6 Å². The fraction of sp³-hybridized carbons (Fsp3) is 0.0667. The van der Waals surface area contributed by atoms with Crippen molar-refractivity contribution in [2.24, 2.45) is 0 Å². The zero-order valence-electron chi connectivity index (χ0n) is 11.8. The number of hydrogen-bond acceptors (Lipinski definition) is 6. The molecule has 0 radical (unpaired) electrons. The summed E-state index contributed by atoms with van der Waals surface area (Å²) in [5, 5.41) is 8.66. The summed E-state index contributed by atoms with van der Waals surface area (Å²) in [6.07, 6.45) is 3.63. The Balaban J connectivity index is 1.53. The van der Waals surface area contributed by atoms with E-state index in [9.17, 15) is 0 Å². The smallest absolute Gasteiger partial charge is 0.277 e. The van der Waals surface area contributed by atoms with Crippen molar-refractivity contribution in [3.05, 3.63) is 59.1 Å². The predicted molar refractivity (Wildman–Crippen MR) is 90.0 cm³/mol. The van der Waals surface area contributed by atoms with Crippen LogP contribution in [0.25, 0.3) is 17.2 Å². The Hall–Kier alpha value is -2.19. The molecule has 3 aromatic heterocycles. The predicted octanol–water partition coefficient (Wildman–Crippen LogP) is 3.83. The van der Waals surface area contributed by atoms with Gasteiger partial charge in [-0.3, -0.25) is 4.40 Å². The van der Waals surface area contributed by atoms with Crippen molar-refractivity contribution in [1.82, 2.24) is 24.6 Å². The summed E-state index contributed by atoms with van der Waals surface area (Å²) in [7, 11) is 0. The van der Waals surface area contributed by atoms with Crippen molar-refractivity contribution in [3.63, 3.8) is 0 Å².